The highest BCUT2D eigenvalue weighted by Gasteiger charge is 2.22. The van der Waals surface area contributed by atoms with E-state index in [2.05, 4.69) is 4.72 Å². The van der Waals surface area contributed by atoms with Crippen molar-refractivity contribution in [3.8, 4) is 0 Å². The summed E-state index contributed by atoms with van der Waals surface area (Å²) >= 11 is 11.5. The van der Waals surface area contributed by atoms with Crippen LogP contribution in [-0.4, -0.2) is 37.2 Å². The molecule has 0 radical (unpaired) electrons. The molecule has 0 saturated carbocycles. The maximum atomic E-state index is 12.1. The molecule has 1 unspecified atom stereocenters. The van der Waals surface area contributed by atoms with E-state index >= 15 is 0 Å². The van der Waals surface area contributed by atoms with E-state index in [0.29, 0.717) is 6.42 Å². The van der Waals surface area contributed by atoms with Gasteiger partial charge in [-0.1, -0.05) is 30.1 Å². The van der Waals surface area contributed by atoms with E-state index in [1.807, 2.05) is 0 Å². The van der Waals surface area contributed by atoms with Crippen molar-refractivity contribution < 1.29 is 23.4 Å². The van der Waals surface area contributed by atoms with Crippen molar-refractivity contribution in [3.63, 3.8) is 0 Å². The zero-order chi connectivity index (χ0) is 16.2. The van der Waals surface area contributed by atoms with Gasteiger partial charge in [0.15, 0.2) is 0 Å². The number of aliphatic hydroxyl groups excluding tert-OH is 1. The van der Waals surface area contributed by atoms with Gasteiger partial charge >= 0.3 is 5.97 Å². The molecule has 0 bridgehead atoms. The van der Waals surface area contributed by atoms with Gasteiger partial charge < -0.3 is 10.2 Å². The standard InChI is InChI=1S/C12H15Cl2NO5S/c1-2-7(16)3-4-15-21(19,20)11-5-8(12(17)18)9(13)6-10(11)14/h5-7,15-16H,2-4H2,1H3,(H,17,18). The van der Waals surface area contributed by atoms with Gasteiger partial charge in [0.05, 0.1) is 21.7 Å². The van der Waals surface area contributed by atoms with Crippen molar-refractivity contribution in [1.82, 2.24) is 4.72 Å². The Morgan fingerprint density at radius 3 is 2.48 bits per heavy atom. The van der Waals surface area contributed by atoms with Gasteiger partial charge in [-0.05, 0) is 25.0 Å². The molecular formula is C12H15Cl2NO5S. The average molecular weight is 356 g/mol. The normalized spacial score (nSPS) is 13.1. The van der Waals surface area contributed by atoms with E-state index in [9.17, 15) is 18.3 Å². The number of hydrogen-bond acceptors (Lipinski definition) is 4. The van der Waals surface area contributed by atoms with Crippen LogP contribution in [0.2, 0.25) is 10.0 Å². The first-order chi connectivity index (χ1) is 9.69. The van der Waals surface area contributed by atoms with Gasteiger partial charge in [-0.3, -0.25) is 0 Å². The molecule has 6 nitrogen and oxygen atoms in total. The second-order valence-electron chi connectivity index (χ2n) is 4.32. The Morgan fingerprint density at radius 1 is 1.33 bits per heavy atom. The van der Waals surface area contributed by atoms with E-state index in [-0.39, 0.29) is 33.5 Å². The lowest BCUT2D eigenvalue weighted by atomic mass is 10.2. The zero-order valence-electron chi connectivity index (χ0n) is 11.1. The number of carboxylic acids is 1. The number of rotatable bonds is 7. The highest BCUT2D eigenvalue weighted by Crippen LogP contribution is 2.28. The summed E-state index contributed by atoms with van der Waals surface area (Å²) in [4.78, 5) is 10.6. The fraction of sp³-hybridized carbons (Fsp3) is 0.417. The summed E-state index contributed by atoms with van der Waals surface area (Å²) in [6.45, 7) is 1.78. The first-order valence-electron chi connectivity index (χ1n) is 6.09. The van der Waals surface area contributed by atoms with E-state index in [1.54, 1.807) is 6.92 Å². The van der Waals surface area contributed by atoms with Gasteiger partial charge in [-0.15, -0.1) is 0 Å². The Bertz CT molecular complexity index is 633. The van der Waals surface area contributed by atoms with Crippen molar-refractivity contribution >= 4 is 39.2 Å². The van der Waals surface area contributed by atoms with Crippen molar-refractivity contribution in [1.29, 1.82) is 0 Å². The number of carbonyl (C=O) groups is 1. The quantitative estimate of drug-likeness (QED) is 0.694. The summed E-state index contributed by atoms with van der Waals surface area (Å²) in [6.07, 6.45) is 0.141. The SMILES string of the molecule is CCC(O)CCNS(=O)(=O)c1cc(C(=O)O)c(Cl)cc1Cl. The monoisotopic (exact) mass is 355 g/mol. The Labute approximate surface area is 132 Å². The Hall–Kier alpha value is -0.860. The molecule has 0 aliphatic heterocycles. The summed E-state index contributed by atoms with van der Waals surface area (Å²) in [5.74, 6) is -1.35. The van der Waals surface area contributed by atoms with Crippen molar-refractivity contribution in [2.45, 2.75) is 30.8 Å². The van der Waals surface area contributed by atoms with Crippen LogP contribution in [0.1, 0.15) is 30.1 Å². The minimum Gasteiger partial charge on any atom is -0.478 e. The molecule has 118 valence electrons. The second-order valence-corrected chi connectivity index (χ2v) is 6.87. The fourth-order valence-corrected chi connectivity index (χ4v) is 3.44. The maximum absolute atomic E-state index is 12.1. The van der Waals surface area contributed by atoms with Crippen molar-refractivity contribution in [2.75, 3.05) is 6.54 Å². The van der Waals surface area contributed by atoms with Crippen LogP contribution in [0.5, 0.6) is 0 Å². The van der Waals surface area contributed by atoms with Crippen LogP contribution in [0.3, 0.4) is 0 Å². The summed E-state index contributed by atoms with van der Waals surface area (Å²) in [7, 11) is -3.98. The molecule has 0 saturated heterocycles. The number of carboxylic acid groups (broad SMARTS) is 1. The van der Waals surface area contributed by atoms with Gasteiger partial charge in [0, 0.05) is 6.54 Å². The molecular weight excluding hydrogens is 341 g/mol. The molecule has 1 atom stereocenters. The van der Waals surface area contributed by atoms with E-state index in [1.165, 1.54) is 0 Å². The number of sulfonamides is 1. The number of aromatic carboxylic acids is 1. The Balaban J connectivity index is 3.03. The smallest absolute Gasteiger partial charge is 0.337 e. The van der Waals surface area contributed by atoms with Crippen LogP contribution in [-0.2, 0) is 10.0 Å². The van der Waals surface area contributed by atoms with Crippen LogP contribution in [0, 0.1) is 0 Å². The molecule has 0 heterocycles. The minimum atomic E-state index is -3.98. The van der Waals surface area contributed by atoms with Gasteiger partial charge in [0.25, 0.3) is 0 Å². The van der Waals surface area contributed by atoms with E-state index in [0.717, 1.165) is 12.1 Å². The zero-order valence-corrected chi connectivity index (χ0v) is 13.5. The molecule has 9 heteroatoms. The van der Waals surface area contributed by atoms with Crippen molar-refractivity contribution in [3.05, 3.63) is 27.7 Å². The molecule has 0 aliphatic rings. The first kappa shape index (κ1) is 18.2. The molecule has 1 rings (SSSR count). The summed E-state index contributed by atoms with van der Waals surface area (Å²) in [5, 5.41) is 18.0. The maximum Gasteiger partial charge on any atom is 0.337 e. The van der Waals surface area contributed by atoms with Gasteiger partial charge in [-0.25, -0.2) is 17.9 Å². The topological polar surface area (TPSA) is 104 Å². The summed E-state index contributed by atoms with van der Waals surface area (Å²) in [6, 6.07) is 1.98. The molecule has 0 amide bonds. The summed E-state index contributed by atoms with van der Waals surface area (Å²) in [5.41, 5.74) is -0.352. The summed E-state index contributed by atoms with van der Waals surface area (Å²) < 4.78 is 26.5. The lowest BCUT2D eigenvalue weighted by molar-refractivity contribution is 0.0697. The minimum absolute atomic E-state index is 0.0126. The molecule has 0 aromatic heterocycles. The third-order valence-corrected chi connectivity index (χ3v) is 5.02. The van der Waals surface area contributed by atoms with E-state index < -0.39 is 22.1 Å². The van der Waals surface area contributed by atoms with Crippen molar-refractivity contribution in [2.24, 2.45) is 0 Å². The number of benzene rings is 1. The van der Waals surface area contributed by atoms with Crippen LogP contribution in [0.4, 0.5) is 0 Å². The predicted octanol–water partition coefficient (Wildman–Crippen LogP) is 2.13. The lowest BCUT2D eigenvalue weighted by Gasteiger charge is -2.11. The third-order valence-electron chi connectivity index (χ3n) is 2.78. The average Bonchev–Trinajstić information content (AvgIpc) is 2.37. The van der Waals surface area contributed by atoms with Crippen LogP contribution in [0.15, 0.2) is 17.0 Å². The molecule has 0 fully saturated rings. The molecule has 0 aliphatic carbocycles. The Kier molecular flexibility index (Phi) is 6.42. The third kappa shape index (κ3) is 4.82. The second kappa shape index (κ2) is 7.42. The van der Waals surface area contributed by atoms with Gasteiger partial charge in [0.1, 0.15) is 4.90 Å². The lowest BCUT2D eigenvalue weighted by Crippen LogP contribution is -2.27. The van der Waals surface area contributed by atoms with Crippen LogP contribution >= 0.6 is 23.2 Å². The number of halogens is 2. The number of hydrogen-bond donors (Lipinski definition) is 3. The van der Waals surface area contributed by atoms with Gasteiger partial charge in [0.2, 0.25) is 10.0 Å². The number of aliphatic hydroxyl groups is 1. The molecule has 3 N–H and O–H groups in total. The molecule has 21 heavy (non-hydrogen) atoms. The molecule has 1 aromatic carbocycles. The van der Waals surface area contributed by atoms with Crippen LogP contribution < -0.4 is 4.72 Å². The fourth-order valence-electron chi connectivity index (χ4n) is 1.54. The molecule has 0 spiro atoms. The number of nitrogens with one attached hydrogen (secondary N) is 1. The van der Waals surface area contributed by atoms with Gasteiger partial charge in [-0.2, -0.15) is 0 Å². The highest BCUT2D eigenvalue weighted by molar-refractivity contribution is 7.89. The predicted molar refractivity (Wildman–Crippen MR) is 79.5 cm³/mol. The first-order valence-corrected chi connectivity index (χ1v) is 8.33. The Morgan fingerprint density at radius 2 is 1.95 bits per heavy atom. The van der Waals surface area contributed by atoms with E-state index in [4.69, 9.17) is 28.3 Å². The largest absolute Gasteiger partial charge is 0.478 e. The molecule has 1 aromatic rings. The van der Waals surface area contributed by atoms with Crippen LogP contribution in [0.25, 0.3) is 0 Å². The highest BCUT2D eigenvalue weighted by atomic mass is 35.5.